The number of halogens is 1. The Morgan fingerprint density at radius 2 is 2.00 bits per heavy atom. The Balaban J connectivity index is 0.00000261. The average molecular weight is 482 g/mol. The van der Waals surface area contributed by atoms with Gasteiger partial charge in [-0.25, -0.2) is 0 Å². The largest absolute Gasteiger partial charge is 0.467 e. The van der Waals surface area contributed by atoms with Crippen molar-refractivity contribution in [3.8, 4) is 0 Å². The molecule has 2 aromatic rings. The fourth-order valence-electron chi connectivity index (χ4n) is 3.37. The smallest absolute Gasteiger partial charge is 0.239 e. The molecule has 0 radical (unpaired) electrons. The fraction of sp³-hybridized carbons (Fsp3) is 0.400. The predicted octanol–water partition coefficient (Wildman–Crippen LogP) is 2.75. The number of nitrogens with one attached hydrogen (secondary N) is 2. The number of nitrogens with zero attached hydrogens (tertiary/aromatic N) is 2. The molecule has 1 amide bonds. The van der Waals surface area contributed by atoms with Gasteiger partial charge in [-0.2, -0.15) is 0 Å². The highest BCUT2D eigenvalue weighted by Crippen LogP contribution is 2.33. The molecule has 1 atom stereocenters. The van der Waals surface area contributed by atoms with Crippen LogP contribution in [0.25, 0.3) is 0 Å². The summed E-state index contributed by atoms with van der Waals surface area (Å²) < 4.78 is 5.21. The SMILES string of the molecule is CN=C(NCC(=O)NCc1ccco1)N1CCC(C)(c2ccccc2)C1.I. The van der Waals surface area contributed by atoms with Gasteiger partial charge in [0.2, 0.25) is 5.91 Å². The molecule has 6 nitrogen and oxygen atoms in total. The lowest BCUT2D eigenvalue weighted by Gasteiger charge is -2.27. The number of guanidine groups is 1. The van der Waals surface area contributed by atoms with Gasteiger partial charge < -0.3 is 20.0 Å². The average Bonchev–Trinajstić information content (AvgIpc) is 3.32. The monoisotopic (exact) mass is 482 g/mol. The van der Waals surface area contributed by atoms with Gasteiger partial charge >= 0.3 is 0 Å². The van der Waals surface area contributed by atoms with Gasteiger partial charge in [0.05, 0.1) is 19.4 Å². The molecule has 1 aliphatic rings. The Hall–Kier alpha value is -2.03. The Kier molecular flexibility index (Phi) is 7.70. The van der Waals surface area contributed by atoms with E-state index in [9.17, 15) is 4.79 Å². The van der Waals surface area contributed by atoms with Gasteiger partial charge in [-0.1, -0.05) is 37.3 Å². The van der Waals surface area contributed by atoms with Crippen molar-refractivity contribution < 1.29 is 9.21 Å². The first-order valence-corrected chi connectivity index (χ1v) is 8.91. The molecule has 2 N–H and O–H groups in total. The molecule has 27 heavy (non-hydrogen) atoms. The van der Waals surface area contributed by atoms with E-state index in [-0.39, 0.29) is 41.8 Å². The minimum atomic E-state index is -0.0902. The number of carbonyl (C=O) groups is 1. The van der Waals surface area contributed by atoms with Crippen LogP contribution in [0.1, 0.15) is 24.7 Å². The second-order valence-electron chi connectivity index (χ2n) is 6.86. The molecule has 1 aromatic heterocycles. The first-order chi connectivity index (χ1) is 12.6. The lowest BCUT2D eigenvalue weighted by molar-refractivity contribution is -0.120. The van der Waals surface area contributed by atoms with Gasteiger partial charge in [0.25, 0.3) is 0 Å². The molecule has 1 unspecified atom stereocenters. The maximum Gasteiger partial charge on any atom is 0.239 e. The molecule has 1 aromatic carbocycles. The number of aliphatic imine (C=N–C) groups is 1. The summed E-state index contributed by atoms with van der Waals surface area (Å²) in [4.78, 5) is 18.6. The van der Waals surface area contributed by atoms with E-state index in [0.29, 0.717) is 6.54 Å². The predicted molar refractivity (Wildman–Crippen MR) is 117 cm³/mol. The molecular weight excluding hydrogens is 455 g/mol. The number of amides is 1. The lowest BCUT2D eigenvalue weighted by atomic mass is 9.82. The van der Waals surface area contributed by atoms with Crippen molar-refractivity contribution in [1.82, 2.24) is 15.5 Å². The van der Waals surface area contributed by atoms with Crippen LogP contribution in [0.15, 0.2) is 58.1 Å². The van der Waals surface area contributed by atoms with Crippen LogP contribution in [0, 0.1) is 0 Å². The second kappa shape index (κ2) is 9.77. The third-order valence-electron chi connectivity index (χ3n) is 4.90. The third-order valence-corrected chi connectivity index (χ3v) is 4.90. The number of benzene rings is 1. The van der Waals surface area contributed by atoms with Crippen LogP contribution >= 0.6 is 24.0 Å². The standard InChI is InChI=1S/C20H26N4O2.HI/c1-20(16-7-4-3-5-8-16)10-11-24(15-20)19(21-2)23-14-18(25)22-13-17-9-6-12-26-17;/h3-9,12H,10-11,13-15H2,1-2H3,(H,21,23)(H,22,25);1H. The molecule has 0 bridgehead atoms. The zero-order valence-corrected chi connectivity index (χ0v) is 18.1. The van der Waals surface area contributed by atoms with Gasteiger partial charge in [0, 0.05) is 25.6 Å². The van der Waals surface area contributed by atoms with Crippen LogP contribution in [0.5, 0.6) is 0 Å². The minimum absolute atomic E-state index is 0. The number of furan rings is 1. The summed E-state index contributed by atoms with van der Waals surface area (Å²) in [5.74, 6) is 1.41. The molecule has 7 heteroatoms. The Labute approximate surface area is 177 Å². The van der Waals surface area contributed by atoms with E-state index in [2.05, 4.69) is 51.7 Å². The van der Waals surface area contributed by atoms with Gasteiger partial charge in [-0.3, -0.25) is 9.79 Å². The highest BCUT2D eigenvalue weighted by Gasteiger charge is 2.36. The molecule has 1 saturated heterocycles. The molecule has 0 aliphatic carbocycles. The second-order valence-corrected chi connectivity index (χ2v) is 6.86. The molecule has 146 valence electrons. The van der Waals surface area contributed by atoms with Crippen LogP contribution in [-0.2, 0) is 16.8 Å². The molecule has 0 saturated carbocycles. The first kappa shape index (κ1) is 21.3. The number of carbonyl (C=O) groups excluding carboxylic acids is 1. The number of hydrogen-bond donors (Lipinski definition) is 2. The zero-order valence-electron chi connectivity index (χ0n) is 15.8. The van der Waals surface area contributed by atoms with Crippen molar-refractivity contribution in [1.29, 1.82) is 0 Å². The zero-order chi connectivity index (χ0) is 18.4. The summed E-state index contributed by atoms with van der Waals surface area (Å²) in [7, 11) is 1.75. The summed E-state index contributed by atoms with van der Waals surface area (Å²) >= 11 is 0. The van der Waals surface area contributed by atoms with Crippen LogP contribution in [-0.4, -0.2) is 43.4 Å². The van der Waals surface area contributed by atoms with Gasteiger partial charge in [0.15, 0.2) is 5.96 Å². The van der Waals surface area contributed by atoms with Crippen LogP contribution < -0.4 is 10.6 Å². The highest BCUT2D eigenvalue weighted by molar-refractivity contribution is 14.0. The quantitative estimate of drug-likeness (QED) is 0.391. The van der Waals surface area contributed by atoms with Gasteiger partial charge in [0.1, 0.15) is 5.76 Å². The summed E-state index contributed by atoms with van der Waals surface area (Å²) in [6.07, 6.45) is 2.65. The van der Waals surface area contributed by atoms with Crippen molar-refractivity contribution in [2.24, 2.45) is 4.99 Å². The van der Waals surface area contributed by atoms with Gasteiger partial charge in [-0.15, -0.1) is 24.0 Å². The maximum absolute atomic E-state index is 12.0. The normalized spacial score (nSPS) is 19.5. The van der Waals surface area contributed by atoms with E-state index >= 15 is 0 Å². The van der Waals surface area contributed by atoms with E-state index < -0.39 is 0 Å². The van der Waals surface area contributed by atoms with Crippen LogP contribution in [0.3, 0.4) is 0 Å². The Bertz CT molecular complexity index is 749. The minimum Gasteiger partial charge on any atom is -0.467 e. The highest BCUT2D eigenvalue weighted by atomic mass is 127. The van der Waals surface area contributed by atoms with Crippen molar-refractivity contribution >= 4 is 35.8 Å². The summed E-state index contributed by atoms with van der Waals surface area (Å²) in [6, 6.07) is 14.2. The lowest BCUT2D eigenvalue weighted by Crippen LogP contribution is -2.45. The molecule has 3 rings (SSSR count). The van der Waals surface area contributed by atoms with Crippen molar-refractivity contribution in [3.63, 3.8) is 0 Å². The van der Waals surface area contributed by atoms with Gasteiger partial charge in [-0.05, 0) is 24.1 Å². The first-order valence-electron chi connectivity index (χ1n) is 8.91. The summed E-state index contributed by atoms with van der Waals surface area (Å²) in [5.41, 5.74) is 1.44. The van der Waals surface area contributed by atoms with E-state index in [1.54, 1.807) is 19.4 Å². The Morgan fingerprint density at radius 1 is 1.22 bits per heavy atom. The Morgan fingerprint density at radius 3 is 2.67 bits per heavy atom. The molecule has 0 spiro atoms. The summed E-state index contributed by atoms with van der Waals surface area (Å²) in [6.45, 7) is 4.66. The van der Waals surface area contributed by atoms with Crippen LogP contribution in [0.2, 0.25) is 0 Å². The number of likely N-dealkylation sites (tertiary alicyclic amines) is 1. The van der Waals surface area contributed by atoms with Crippen molar-refractivity contribution in [3.05, 3.63) is 60.1 Å². The van der Waals surface area contributed by atoms with E-state index in [1.165, 1.54) is 5.56 Å². The summed E-state index contributed by atoms with van der Waals surface area (Å²) in [5, 5.41) is 5.99. The van der Waals surface area contributed by atoms with Crippen molar-refractivity contribution in [2.45, 2.75) is 25.3 Å². The molecule has 1 aliphatic heterocycles. The fourth-order valence-corrected chi connectivity index (χ4v) is 3.37. The van der Waals surface area contributed by atoms with E-state index in [1.807, 2.05) is 12.1 Å². The maximum atomic E-state index is 12.0. The molecule has 2 heterocycles. The topological polar surface area (TPSA) is 69.9 Å². The van der Waals surface area contributed by atoms with E-state index in [4.69, 9.17) is 4.42 Å². The van der Waals surface area contributed by atoms with E-state index in [0.717, 1.165) is 31.2 Å². The van der Waals surface area contributed by atoms with Crippen molar-refractivity contribution in [2.75, 3.05) is 26.7 Å². The molecular formula is C20H27IN4O2. The van der Waals surface area contributed by atoms with Crippen LogP contribution in [0.4, 0.5) is 0 Å². The number of rotatable bonds is 5. The third kappa shape index (κ3) is 5.47. The number of hydrogen-bond acceptors (Lipinski definition) is 3. The molecule has 1 fully saturated rings.